The van der Waals surface area contributed by atoms with Crippen molar-refractivity contribution in [3.63, 3.8) is 0 Å². The predicted molar refractivity (Wildman–Crippen MR) is 95.4 cm³/mol. The van der Waals surface area contributed by atoms with Crippen molar-refractivity contribution in [2.45, 2.75) is 13.3 Å². The van der Waals surface area contributed by atoms with E-state index >= 15 is 0 Å². The number of pyridine rings is 1. The normalized spacial score (nSPS) is 10.1. The highest BCUT2D eigenvalue weighted by Gasteiger charge is 2.10. The van der Waals surface area contributed by atoms with Gasteiger partial charge in [-0.2, -0.15) is 0 Å². The second-order valence-electron chi connectivity index (χ2n) is 5.16. The number of carbonyl (C=O) groups is 3. The number of hydrogen-bond acceptors (Lipinski definition) is 6. The molecular weight excluding hydrogens is 360 g/mol. The smallest absolute Gasteiger partial charge is 0.344 e. The van der Waals surface area contributed by atoms with Gasteiger partial charge >= 0.3 is 5.97 Å². The Labute approximate surface area is 155 Å². The molecule has 7 nitrogen and oxygen atoms in total. The van der Waals surface area contributed by atoms with Crippen LogP contribution >= 0.6 is 11.6 Å². The first kappa shape index (κ1) is 19.4. The van der Waals surface area contributed by atoms with E-state index in [1.165, 1.54) is 12.3 Å². The highest BCUT2D eigenvalue weighted by molar-refractivity contribution is 6.30. The Bertz CT molecular complexity index is 775. The van der Waals surface area contributed by atoms with Crippen LogP contribution in [0.3, 0.4) is 0 Å². The van der Waals surface area contributed by atoms with E-state index in [4.69, 9.17) is 21.1 Å². The molecule has 2 aromatic rings. The molecule has 0 bridgehead atoms. The van der Waals surface area contributed by atoms with Gasteiger partial charge in [0.15, 0.2) is 19.0 Å². The van der Waals surface area contributed by atoms with Gasteiger partial charge in [-0.25, -0.2) is 9.78 Å². The number of benzene rings is 1. The summed E-state index contributed by atoms with van der Waals surface area (Å²) in [6, 6.07) is 9.53. The van der Waals surface area contributed by atoms with Crippen molar-refractivity contribution >= 4 is 35.1 Å². The average Bonchev–Trinajstić information content (AvgIpc) is 2.66. The highest BCUT2D eigenvalue weighted by atomic mass is 35.5. The Morgan fingerprint density at radius 3 is 2.42 bits per heavy atom. The van der Waals surface area contributed by atoms with Crippen LogP contribution in [-0.4, -0.2) is 35.9 Å². The lowest BCUT2D eigenvalue weighted by Crippen LogP contribution is -2.24. The molecule has 26 heavy (non-hydrogen) atoms. The molecule has 1 aromatic heterocycles. The van der Waals surface area contributed by atoms with Crippen molar-refractivity contribution < 1.29 is 23.9 Å². The van der Waals surface area contributed by atoms with Gasteiger partial charge < -0.3 is 14.8 Å². The average molecular weight is 377 g/mol. The number of carbonyl (C=O) groups excluding carboxylic acids is 3. The fourth-order valence-corrected chi connectivity index (χ4v) is 2.01. The van der Waals surface area contributed by atoms with Crippen LogP contribution in [0.1, 0.15) is 23.7 Å². The largest absolute Gasteiger partial charge is 0.482 e. The summed E-state index contributed by atoms with van der Waals surface area (Å²) < 4.78 is 10.1. The quantitative estimate of drug-likeness (QED) is 0.562. The summed E-state index contributed by atoms with van der Waals surface area (Å²) in [6.07, 6.45) is 1.80. The number of nitrogens with zero attached hydrogens (tertiary/aromatic N) is 1. The first-order valence-electron chi connectivity index (χ1n) is 7.81. The fraction of sp³-hybridized carbons (Fsp3) is 0.222. The standard InChI is InChI=1S/C18H17ClN2O5/c1-2-15(22)12-3-6-14(7-4-12)25-11-18(24)26-10-17(23)21-16-8-5-13(19)9-20-16/h3-9H,2,10-11H2,1H3,(H,20,21,23). The van der Waals surface area contributed by atoms with E-state index in [2.05, 4.69) is 10.3 Å². The van der Waals surface area contributed by atoms with E-state index in [0.717, 1.165) is 0 Å². The molecule has 0 aliphatic carbocycles. The number of ketones is 1. The van der Waals surface area contributed by atoms with Crippen LogP contribution in [0.15, 0.2) is 42.6 Å². The Kier molecular flexibility index (Phi) is 7.11. The molecule has 2 rings (SSSR count). The van der Waals surface area contributed by atoms with E-state index in [0.29, 0.717) is 28.6 Å². The van der Waals surface area contributed by atoms with Gasteiger partial charge in [-0.3, -0.25) is 9.59 Å². The van der Waals surface area contributed by atoms with Gasteiger partial charge in [0.25, 0.3) is 5.91 Å². The molecule has 0 saturated heterocycles. The van der Waals surface area contributed by atoms with Crippen LogP contribution in [0.5, 0.6) is 5.75 Å². The number of hydrogen-bond donors (Lipinski definition) is 1. The zero-order chi connectivity index (χ0) is 18.9. The summed E-state index contributed by atoms with van der Waals surface area (Å²) in [4.78, 5) is 38.7. The van der Waals surface area contributed by atoms with Crippen LogP contribution in [0.2, 0.25) is 5.02 Å². The number of aromatic nitrogens is 1. The van der Waals surface area contributed by atoms with E-state index in [1.807, 2.05) is 0 Å². The minimum Gasteiger partial charge on any atom is -0.482 e. The lowest BCUT2D eigenvalue weighted by molar-refractivity contribution is -0.149. The van der Waals surface area contributed by atoms with Crippen molar-refractivity contribution in [3.05, 3.63) is 53.2 Å². The molecule has 8 heteroatoms. The number of esters is 1. The lowest BCUT2D eigenvalue weighted by Gasteiger charge is -2.08. The second kappa shape index (κ2) is 9.53. The Morgan fingerprint density at radius 1 is 1.08 bits per heavy atom. The van der Waals surface area contributed by atoms with Crippen molar-refractivity contribution in [3.8, 4) is 5.75 Å². The van der Waals surface area contributed by atoms with Gasteiger partial charge in [0.1, 0.15) is 11.6 Å². The summed E-state index contributed by atoms with van der Waals surface area (Å²) in [5, 5.41) is 2.91. The monoisotopic (exact) mass is 376 g/mol. The van der Waals surface area contributed by atoms with Crippen LogP contribution in [0, 0.1) is 0 Å². The summed E-state index contributed by atoms with van der Waals surface area (Å²) in [5.74, 6) is -0.483. The second-order valence-corrected chi connectivity index (χ2v) is 5.60. The Hall–Kier alpha value is -2.93. The number of nitrogens with one attached hydrogen (secondary N) is 1. The molecular formula is C18H17ClN2O5. The first-order valence-corrected chi connectivity index (χ1v) is 8.19. The van der Waals surface area contributed by atoms with Crippen LogP contribution in [-0.2, 0) is 14.3 Å². The minimum atomic E-state index is -0.696. The molecule has 0 saturated carbocycles. The van der Waals surface area contributed by atoms with E-state index in [-0.39, 0.29) is 12.4 Å². The SMILES string of the molecule is CCC(=O)c1ccc(OCC(=O)OCC(=O)Nc2ccc(Cl)cn2)cc1. The van der Waals surface area contributed by atoms with E-state index in [1.54, 1.807) is 37.3 Å². The van der Waals surface area contributed by atoms with Gasteiger partial charge in [-0.1, -0.05) is 18.5 Å². The molecule has 1 N–H and O–H groups in total. The number of rotatable bonds is 8. The predicted octanol–water partition coefficient (Wildman–Crippen LogP) is 2.89. The first-order chi connectivity index (χ1) is 12.5. The van der Waals surface area contributed by atoms with E-state index < -0.39 is 18.5 Å². The van der Waals surface area contributed by atoms with Gasteiger partial charge in [-0.05, 0) is 36.4 Å². The molecule has 136 valence electrons. The number of Topliss-reactive ketones (excluding diaryl/α,β-unsaturated/α-hetero) is 1. The topological polar surface area (TPSA) is 94.6 Å². The highest BCUT2D eigenvalue weighted by Crippen LogP contribution is 2.13. The van der Waals surface area contributed by atoms with Gasteiger partial charge in [-0.15, -0.1) is 0 Å². The molecule has 0 aliphatic heterocycles. The van der Waals surface area contributed by atoms with E-state index in [9.17, 15) is 14.4 Å². The maximum Gasteiger partial charge on any atom is 0.344 e. The fourth-order valence-electron chi connectivity index (χ4n) is 1.90. The molecule has 0 radical (unpaired) electrons. The van der Waals surface area contributed by atoms with Crippen molar-refractivity contribution in [2.24, 2.45) is 0 Å². The number of halogens is 1. The van der Waals surface area contributed by atoms with Gasteiger partial charge in [0, 0.05) is 18.2 Å². The molecule has 1 aromatic carbocycles. The van der Waals surface area contributed by atoms with Crippen molar-refractivity contribution in [1.82, 2.24) is 4.98 Å². The molecule has 0 aliphatic rings. The van der Waals surface area contributed by atoms with Crippen molar-refractivity contribution in [2.75, 3.05) is 18.5 Å². The number of ether oxygens (including phenoxy) is 2. The number of anilines is 1. The van der Waals surface area contributed by atoms with Gasteiger partial charge in [0.05, 0.1) is 5.02 Å². The molecule has 0 fully saturated rings. The molecule has 0 unspecified atom stereocenters. The third kappa shape index (κ3) is 6.18. The Morgan fingerprint density at radius 2 is 1.81 bits per heavy atom. The van der Waals surface area contributed by atoms with Crippen LogP contribution in [0.25, 0.3) is 0 Å². The Balaban J connectivity index is 1.72. The zero-order valence-corrected chi connectivity index (χ0v) is 14.8. The lowest BCUT2D eigenvalue weighted by atomic mass is 10.1. The summed E-state index contributed by atoms with van der Waals surface area (Å²) in [7, 11) is 0. The summed E-state index contributed by atoms with van der Waals surface area (Å²) in [5.41, 5.74) is 0.579. The zero-order valence-electron chi connectivity index (χ0n) is 14.0. The molecule has 0 atom stereocenters. The van der Waals surface area contributed by atoms with Crippen LogP contribution < -0.4 is 10.1 Å². The minimum absolute atomic E-state index is 0.0251. The third-order valence-electron chi connectivity index (χ3n) is 3.21. The molecule has 1 heterocycles. The molecule has 1 amide bonds. The summed E-state index contributed by atoms with van der Waals surface area (Å²) in [6.45, 7) is 0.964. The number of amides is 1. The van der Waals surface area contributed by atoms with Crippen molar-refractivity contribution in [1.29, 1.82) is 0 Å². The molecule has 0 spiro atoms. The van der Waals surface area contributed by atoms with Gasteiger partial charge in [0.2, 0.25) is 0 Å². The third-order valence-corrected chi connectivity index (χ3v) is 3.44. The van der Waals surface area contributed by atoms with Crippen LogP contribution in [0.4, 0.5) is 5.82 Å². The maximum atomic E-state index is 11.7. The summed E-state index contributed by atoms with van der Waals surface area (Å²) >= 11 is 5.69. The maximum absolute atomic E-state index is 11.7.